The summed E-state index contributed by atoms with van der Waals surface area (Å²) in [6.45, 7) is 9.29. The first-order valence-corrected chi connectivity index (χ1v) is 14.0. The van der Waals surface area contributed by atoms with Crippen molar-refractivity contribution in [3.63, 3.8) is 0 Å². The number of rotatable bonds is 8. The van der Waals surface area contributed by atoms with E-state index in [1.54, 1.807) is 38.1 Å². The molecule has 1 N–H and O–H groups in total. The Morgan fingerprint density at radius 1 is 0.697 bits per heavy atom. The van der Waals surface area contributed by atoms with Gasteiger partial charge in [-0.05, 0) is 63.4 Å². The minimum atomic E-state index is -3.82. The summed E-state index contributed by atoms with van der Waals surface area (Å²) in [6, 6.07) is 17.9. The molecule has 1 atom stereocenters. The van der Waals surface area contributed by atoms with Crippen LogP contribution in [0.4, 0.5) is 0 Å². The van der Waals surface area contributed by atoms with Crippen LogP contribution in [0.1, 0.15) is 39.3 Å². The molecular formula is C26H31NO4S2. The molecule has 0 amide bonds. The molecule has 3 aromatic carbocycles. The van der Waals surface area contributed by atoms with Crippen molar-refractivity contribution < 1.29 is 16.8 Å². The Labute approximate surface area is 197 Å². The molecule has 0 aliphatic heterocycles. The summed E-state index contributed by atoms with van der Waals surface area (Å²) in [5, 5.41) is 0. The van der Waals surface area contributed by atoms with Gasteiger partial charge >= 0.3 is 0 Å². The maximum Gasteiger partial charge on any atom is 0.241 e. The maximum absolute atomic E-state index is 13.2. The molecule has 0 saturated carbocycles. The van der Waals surface area contributed by atoms with Crippen molar-refractivity contribution in [3.05, 3.63) is 94.0 Å². The van der Waals surface area contributed by atoms with E-state index in [4.69, 9.17) is 0 Å². The van der Waals surface area contributed by atoms with Gasteiger partial charge < -0.3 is 0 Å². The average Bonchev–Trinajstić information content (AvgIpc) is 2.71. The Morgan fingerprint density at radius 2 is 1.18 bits per heavy atom. The van der Waals surface area contributed by atoms with Crippen molar-refractivity contribution >= 4 is 19.9 Å². The van der Waals surface area contributed by atoms with Crippen LogP contribution in [0.15, 0.2) is 70.5 Å². The fraction of sp³-hybridized carbons (Fsp3) is 0.308. The van der Waals surface area contributed by atoms with Crippen LogP contribution in [-0.4, -0.2) is 29.1 Å². The van der Waals surface area contributed by atoms with Gasteiger partial charge in [0.05, 0.1) is 15.5 Å². The van der Waals surface area contributed by atoms with E-state index in [1.165, 1.54) is 0 Å². The number of sulfone groups is 1. The summed E-state index contributed by atoms with van der Waals surface area (Å²) in [4.78, 5) is 0.482. The van der Waals surface area contributed by atoms with Crippen LogP contribution in [0.25, 0.3) is 0 Å². The normalized spacial score (nSPS) is 13.1. The minimum Gasteiger partial charge on any atom is -0.224 e. The van der Waals surface area contributed by atoms with Crippen molar-refractivity contribution in [2.24, 2.45) is 0 Å². The molecule has 5 nitrogen and oxygen atoms in total. The van der Waals surface area contributed by atoms with Crippen molar-refractivity contribution in [1.82, 2.24) is 4.72 Å². The molecule has 3 aromatic rings. The molecule has 0 saturated heterocycles. The van der Waals surface area contributed by atoms with Crippen molar-refractivity contribution in [3.8, 4) is 0 Å². The first kappa shape index (κ1) is 25.1. The standard InChI is InChI=1S/C26H31NO4S2/c1-18-6-10-23(11-7-18)24(17-32(28,29)25-12-8-19(2)9-13-25)16-27-33(30,31)26-21(4)14-20(3)15-22(26)5/h6-15,24,27H,16-17H2,1-5H3. The topological polar surface area (TPSA) is 80.3 Å². The molecule has 0 aliphatic carbocycles. The third-order valence-electron chi connectivity index (χ3n) is 5.74. The zero-order valence-electron chi connectivity index (χ0n) is 19.7. The fourth-order valence-corrected chi connectivity index (χ4v) is 7.21. The van der Waals surface area contributed by atoms with E-state index in [9.17, 15) is 16.8 Å². The predicted octanol–water partition coefficient (Wildman–Crippen LogP) is 4.76. The van der Waals surface area contributed by atoms with Crippen LogP contribution in [0, 0.1) is 34.6 Å². The largest absolute Gasteiger partial charge is 0.241 e. The molecule has 33 heavy (non-hydrogen) atoms. The molecule has 0 aromatic heterocycles. The number of nitrogens with one attached hydrogen (secondary N) is 1. The average molecular weight is 486 g/mol. The van der Waals surface area contributed by atoms with Gasteiger partial charge in [-0.1, -0.05) is 65.2 Å². The van der Waals surface area contributed by atoms with Crippen LogP contribution in [0.3, 0.4) is 0 Å². The lowest BCUT2D eigenvalue weighted by Crippen LogP contribution is -2.32. The molecule has 7 heteroatoms. The van der Waals surface area contributed by atoms with Crippen molar-refractivity contribution in [1.29, 1.82) is 0 Å². The highest BCUT2D eigenvalue weighted by molar-refractivity contribution is 7.91. The third-order valence-corrected chi connectivity index (χ3v) is 9.30. The minimum absolute atomic E-state index is 0.0246. The smallest absolute Gasteiger partial charge is 0.224 e. The summed E-state index contributed by atoms with van der Waals surface area (Å²) in [5.74, 6) is -0.745. The molecule has 0 heterocycles. The number of benzene rings is 3. The Kier molecular flexibility index (Phi) is 7.46. The Balaban J connectivity index is 1.92. The van der Waals surface area contributed by atoms with Gasteiger partial charge in [-0.15, -0.1) is 0 Å². The van der Waals surface area contributed by atoms with Gasteiger partial charge in [0.15, 0.2) is 9.84 Å². The van der Waals surface area contributed by atoms with Crippen LogP contribution < -0.4 is 4.72 Å². The van der Waals surface area contributed by atoms with Crippen LogP contribution in [0.2, 0.25) is 0 Å². The molecule has 0 spiro atoms. The highest BCUT2D eigenvalue weighted by Crippen LogP contribution is 2.25. The van der Waals surface area contributed by atoms with Crippen LogP contribution >= 0.6 is 0 Å². The van der Waals surface area contributed by atoms with Gasteiger partial charge in [0.25, 0.3) is 0 Å². The van der Waals surface area contributed by atoms with E-state index >= 15 is 0 Å². The highest BCUT2D eigenvalue weighted by Gasteiger charge is 2.26. The Hall–Kier alpha value is -2.48. The third kappa shape index (κ3) is 6.10. The zero-order valence-corrected chi connectivity index (χ0v) is 21.3. The van der Waals surface area contributed by atoms with Crippen LogP contribution in [0.5, 0.6) is 0 Å². The lowest BCUT2D eigenvalue weighted by molar-refractivity contribution is 0.566. The quantitative estimate of drug-likeness (QED) is 0.499. The van der Waals surface area contributed by atoms with Gasteiger partial charge in [-0.3, -0.25) is 0 Å². The lowest BCUT2D eigenvalue weighted by Gasteiger charge is -2.20. The molecule has 0 aliphatic rings. The van der Waals surface area contributed by atoms with Gasteiger partial charge in [0.2, 0.25) is 10.0 Å². The maximum atomic E-state index is 13.2. The predicted molar refractivity (Wildman–Crippen MR) is 133 cm³/mol. The summed E-state index contributed by atoms with van der Waals surface area (Å²) in [5.41, 5.74) is 5.12. The SMILES string of the molecule is Cc1ccc(C(CNS(=O)(=O)c2c(C)cc(C)cc2C)CS(=O)(=O)c2ccc(C)cc2)cc1. The van der Waals surface area contributed by atoms with Crippen molar-refractivity contribution in [2.75, 3.05) is 12.3 Å². The second-order valence-electron chi connectivity index (χ2n) is 8.78. The Bertz CT molecular complexity index is 1320. The molecule has 3 rings (SSSR count). The summed E-state index contributed by atoms with van der Waals surface area (Å²) < 4.78 is 55.4. The first-order chi connectivity index (χ1) is 15.4. The van der Waals surface area contributed by atoms with E-state index in [0.717, 1.165) is 22.3 Å². The molecule has 0 bridgehead atoms. The van der Waals surface area contributed by atoms with E-state index < -0.39 is 25.8 Å². The number of hydrogen-bond donors (Lipinski definition) is 1. The van der Waals surface area contributed by atoms with Crippen LogP contribution in [-0.2, 0) is 19.9 Å². The number of hydrogen-bond acceptors (Lipinski definition) is 4. The molecule has 0 radical (unpaired) electrons. The van der Waals surface area contributed by atoms with Crippen molar-refractivity contribution in [2.45, 2.75) is 50.3 Å². The molecule has 0 fully saturated rings. The zero-order chi connectivity index (χ0) is 24.4. The van der Waals surface area contributed by atoms with E-state index in [2.05, 4.69) is 4.72 Å². The molecule has 176 valence electrons. The summed E-state index contributed by atoms with van der Waals surface area (Å²) in [6.07, 6.45) is 0. The summed E-state index contributed by atoms with van der Waals surface area (Å²) in [7, 11) is -7.44. The summed E-state index contributed by atoms with van der Waals surface area (Å²) >= 11 is 0. The van der Waals surface area contributed by atoms with E-state index in [-0.39, 0.29) is 22.1 Å². The monoisotopic (exact) mass is 485 g/mol. The number of sulfonamides is 1. The van der Waals surface area contributed by atoms with E-state index in [1.807, 2.05) is 57.2 Å². The molecular weight excluding hydrogens is 454 g/mol. The van der Waals surface area contributed by atoms with Gasteiger partial charge in [0.1, 0.15) is 0 Å². The number of aryl methyl sites for hydroxylation is 5. The first-order valence-electron chi connectivity index (χ1n) is 10.8. The van der Waals surface area contributed by atoms with Gasteiger partial charge in [-0.25, -0.2) is 21.6 Å². The molecule has 1 unspecified atom stereocenters. The van der Waals surface area contributed by atoms with Gasteiger partial charge in [-0.2, -0.15) is 0 Å². The highest BCUT2D eigenvalue weighted by atomic mass is 32.2. The lowest BCUT2D eigenvalue weighted by atomic mass is 10.0. The van der Waals surface area contributed by atoms with Gasteiger partial charge in [0, 0.05) is 12.5 Å². The fourth-order valence-electron chi connectivity index (χ4n) is 4.09. The van der Waals surface area contributed by atoms with E-state index in [0.29, 0.717) is 11.1 Å². The second-order valence-corrected chi connectivity index (χ2v) is 12.5. The second kappa shape index (κ2) is 9.79. The Morgan fingerprint density at radius 3 is 1.70 bits per heavy atom.